The van der Waals surface area contributed by atoms with Crippen molar-refractivity contribution in [2.45, 2.75) is 13.3 Å². The molecule has 0 heterocycles. The average Bonchev–Trinajstić information content (AvgIpc) is 2.31. The summed E-state index contributed by atoms with van der Waals surface area (Å²) in [4.78, 5) is 21.7. The Kier molecular flexibility index (Phi) is 8.75. The van der Waals surface area contributed by atoms with E-state index in [4.69, 9.17) is 0 Å². The van der Waals surface area contributed by atoms with Gasteiger partial charge in [0.25, 0.3) is 0 Å². The van der Waals surface area contributed by atoms with Gasteiger partial charge in [0.05, 0.1) is 7.11 Å². The van der Waals surface area contributed by atoms with Crippen molar-refractivity contribution in [3.63, 3.8) is 0 Å². The first-order chi connectivity index (χ1) is 8.92. The van der Waals surface area contributed by atoms with Gasteiger partial charge in [0, 0.05) is 35.9 Å². The standard InChI is InChI=1S/C13H15NO5.K/c1-8(5-13(18)19-2)14-11-7-10(15)4-3-9(11)6-12(16)17;/h3-5,7,14-15H,6H2,1-2H3,(H,16,17);/q;+1/p-1/b8-5+;. The van der Waals surface area contributed by atoms with Crippen molar-refractivity contribution in [3.8, 4) is 5.75 Å². The molecule has 1 aromatic rings. The summed E-state index contributed by atoms with van der Waals surface area (Å²) in [5.74, 6) is -1.79. The number of phenols is 1. The maximum Gasteiger partial charge on any atom is 1.00 e. The predicted octanol–water partition coefficient (Wildman–Crippen LogP) is -2.82. The number of carbonyl (C=O) groups excluding carboxylic acids is 2. The molecule has 102 valence electrons. The van der Waals surface area contributed by atoms with Crippen LogP contribution in [0.15, 0.2) is 30.0 Å². The molecule has 0 aliphatic heterocycles. The Hall–Kier alpha value is -0.864. The largest absolute Gasteiger partial charge is 1.00 e. The van der Waals surface area contributed by atoms with Crippen LogP contribution in [0.4, 0.5) is 5.69 Å². The van der Waals surface area contributed by atoms with Crippen molar-refractivity contribution in [1.29, 1.82) is 0 Å². The number of hydrogen-bond acceptors (Lipinski definition) is 6. The molecule has 2 N–H and O–H groups in total. The fourth-order valence-corrected chi connectivity index (χ4v) is 1.47. The summed E-state index contributed by atoms with van der Waals surface area (Å²) in [6.07, 6.45) is 0.918. The Labute approximate surface area is 159 Å². The van der Waals surface area contributed by atoms with Crippen molar-refractivity contribution in [1.82, 2.24) is 0 Å². The average molecular weight is 303 g/mol. The second-order valence-electron chi connectivity index (χ2n) is 3.87. The molecule has 0 aliphatic carbocycles. The predicted molar refractivity (Wildman–Crippen MR) is 66.2 cm³/mol. The monoisotopic (exact) mass is 303 g/mol. The van der Waals surface area contributed by atoms with E-state index in [0.29, 0.717) is 16.9 Å². The van der Waals surface area contributed by atoms with E-state index >= 15 is 0 Å². The van der Waals surface area contributed by atoms with Gasteiger partial charge in [0.2, 0.25) is 0 Å². The Morgan fingerprint density at radius 1 is 1.45 bits per heavy atom. The Morgan fingerprint density at radius 2 is 2.10 bits per heavy atom. The second kappa shape index (κ2) is 9.14. The first kappa shape index (κ1) is 19.1. The van der Waals surface area contributed by atoms with E-state index < -0.39 is 11.9 Å². The number of phenolic OH excluding ortho intramolecular Hbond substituents is 1. The molecule has 0 aromatic heterocycles. The number of hydrogen-bond donors (Lipinski definition) is 2. The third-order valence-corrected chi connectivity index (χ3v) is 2.30. The first-order valence-corrected chi connectivity index (χ1v) is 5.47. The molecule has 0 spiro atoms. The van der Waals surface area contributed by atoms with Gasteiger partial charge in [-0.3, -0.25) is 0 Å². The minimum atomic E-state index is -1.23. The number of carboxylic acids is 1. The topological polar surface area (TPSA) is 98.7 Å². The fraction of sp³-hybridized carbons (Fsp3) is 0.231. The number of benzene rings is 1. The van der Waals surface area contributed by atoms with Gasteiger partial charge in [-0.05, 0) is 18.6 Å². The molecule has 1 rings (SSSR count). The van der Waals surface area contributed by atoms with E-state index in [9.17, 15) is 19.8 Å². The minimum Gasteiger partial charge on any atom is -0.550 e. The van der Waals surface area contributed by atoms with Gasteiger partial charge in [-0.1, -0.05) is 6.07 Å². The van der Waals surface area contributed by atoms with E-state index in [0.717, 1.165) is 0 Å². The fourth-order valence-electron chi connectivity index (χ4n) is 1.47. The summed E-state index contributed by atoms with van der Waals surface area (Å²) in [6, 6.07) is 4.22. The van der Waals surface area contributed by atoms with Crippen LogP contribution in [0.5, 0.6) is 5.75 Å². The summed E-state index contributed by atoms with van der Waals surface area (Å²) in [5.41, 5.74) is 1.29. The molecule has 0 atom stereocenters. The summed E-state index contributed by atoms with van der Waals surface area (Å²) in [6.45, 7) is 1.61. The molecule has 0 bridgehead atoms. The third kappa shape index (κ3) is 6.53. The normalized spacial score (nSPS) is 10.4. The molecular formula is C13H14KNO5. The molecule has 0 fully saturated rings. The van der Waals surface area contributed by atoms with Gasteiger partial charge in [-0.25, -0.2) is 4.79 Å². The number of ether oxygens (including phenoxy) is 1. The zero-order chi connectivity index (χ0) is 14.4. The molecule has 1 aromatic carbocycles. The number of allylic oxidation sites excluding steroid dienone is 1. The summed E-state index contributed by atoms with van der Waals surface area (Å²) in [7, 11) is 1.25. The van der Waals surface area contributed by atoms with E-state index in [1.54, 1.807) is 6.92 Å². The van der Waals surface area contributed by atoms with Crippen LogP contribution in [0.2, 0.25) is 0 Å². The van der Waals surface area contributed by atoms with Gasteiger partial charge >= 0.3 is 57.4 Å². The number of esters is 1. The molecule has 0 saturated heterocycles. The Bertz CT molecular complexity index is 527. The number of carboxylic acid groups (broad SMARTS) is 1. The third-order valence-electron chi connectivity index (χ3n) is 2.30. The molecule has 20 heavy (non-hydrogen) atoms. The quantitative estimate of drug-likeness (QED) is 0.346. The van der Waals surface area contributed by atoms with Gasteiger partial charge in [0.15, 0.2) is 0 Å². The number of rotatable bonds is 5. The number of carbonyl (C=O) groups is 2. The first-order valence-electron chi connectivity index (χ1n) is 5.47. The molecule has 0 unspecified atom stereocenters. The molecule has 0 radical (unpaired) electrons. The Morgan fingerprint density at radius 3 is 2.65 bits per heavy atom. The number of anilines is 1. The van der Waals surface area contributed by atoms with Crippen LogP contribution in [0.3, 0.4) is 0 Å². The van der Waals surface area contributed by atoms with Crippen molar-refractivity contribution >= 4 is 17.6 Å². The summed E-state index contributed by atoms with van der Waals surface area (Å²) in [5, 5.41) is 22.9. The number of aromatic hydroxyl groups is 1. The maximum atomic E-state index is 11.0. The zero-order valence-electron chi connectivity index (χ0n) is 11.6. The van der Waals surface area contributed by atoms with Crippen LogP contribution in [-0.4, -0.2) is 24.2 Å². The van der Waals surface area contributed by atoms with Crippen LogP contribution < -0.4 is 61.8 Å². The van der Waals surface area contributed by atoms with E-state index in [1.807, 2.05) is 0 Å². The van der Waals surface area contributed by atoms with Crippen LogP contribution >= 0.6 is 0 Å². The molecular weight excluding hydrogens is 289 g/mol. The van der Waals surface area contributed by atoms with Crippen LogP contribution in [0.25, 0.3) is 0 Å². The van der Waals surface area contributed by atoms with Crippen molar-refractivity contribution in [3.05, 3.63) is 35.5 Å². The van der Waals surface area contributed by atoms with Gasteiger partial charge < -0.3 is 25.1 Å². The number of methoxy groups -OCH3 is 1. The van der Waals surface area contributed by atoms with Gasteiger partial charge in [-0.15, -0.1) is 0 Å². The van der Waals surface area contributed by atoms with Crippen LogP contribution in [0, 0.1) is 0 Å². The number of nitrogens with one attached hydrogen (secondary N) is 1. The Balaban J connectivity index is 0.00000361. The van der Waals surface area contributed by atoms with Crippen molar-refractivity contribution in [2.24, 2.45) is 0 Å². The van der Waals surface area contributed by atoms with E-state index in [2.05, 4.69) is 10.1 Å². The molecule has 0 aliphatic rings. The summed E-state index contributed by atoms with van der Waals surface area (Å²) < 4.78 is 4.47. The van der Waals surface area contributed by atoms with E-state index in [-0.39, 0.29) is 63.6 Å². The maximum absolute atomic E-state index is 11.0. The number of aliphatic carboxylic acids is 1. The summed E-state index contributed by atoms with van der Waals surface area (Å²) >= 11 is 0. The minimum absolute atomic E-state index is 0. The molecule has 0 amide bonds. The zero-order valence-corrected chi connectivity index (χ0v) is 14.7. The van der Waals surface area contributed by atoms with Crippen LogP contribution in [0.1, 0.15) is 12.5 Å². The van der Waals surface area contributed by atoms with Crippen molar-refractivity contribution in [2.75, 3.05) is 12.4 Å². The SMILES string of the molecule is COC(=O)/C=C(\C)Nc1cc(O)ccc1CC(=O)[O-].[K+]. The smallest absolute Gasteiger partial charge is 0.550 e. The van der Waals surface area contributed by atoms with E-state index in [1.165, 1.54) is 31.4 Å². The van der Waals surface area contributed by atoms with Crippen molar-refractivity contribution < 1.29 is 75.9 Å². The second-order valence-corrected chi connectivity index (χ2v) is 3.87. The van der Waals surface area contributed by atoms with Gasteiger partial charge in [-0.2, -0.15) is 0 Å². The van der Waals surface area contributed by atoms with Gasteiger partial charge in [0.1, 0.15) is 5.75 Å². The van der Waals surface area contributed by atoms with Crippen LogP contribution in [-0.2, 0) is 20.7 Å². The molecule has 6 nitrogen and oxygen atoms in total. The molecule has 7 heteroatoms. The molecule has 0 saturated carbocycles.